The lowest BCUT2D eigenvalue weighted by atomic mass is 10.1. The number of amides is 1. The molecule has 0 atom stereocenters. The molecule has 32 heavy (non-hydrogen) atoms. The van der Waals surface area contributed by atoms with Gasteiger partial charge in [-0.2, -0.15) is 0 Å². The molecular formula is C23H26ClN5O3. The molecule has 0 saturated carbocycles. The summed E-state index contributed by atoms with van der Waals surface area (Å²) < 4.78 is 6.61. The topological polar surface area (TPSA) is 111 Å². The van der Waals surface area contributed by atoms with E-state index in [2.05, 4.69) is 15.7 Å². The van der Waals surface area contributed by atoms with Gasteiger partial charge >= 0.3 is 0 Å². The maximum atomic E-state index is 13.0. The predicted molar refractivity (Wildman–Crippen MR) is 124 cm³/mol. The lowest BCUT2D eigenvalue weighted by Crippen LogP contribution is -2.34. The molecule has 0 aliphatic heterocycles. The van der Waals surface area contributed by atoms with Crippen LogP contribution in [0.2, 0.25) is 5.02 Å². The number of nitrogens with one attached hydrogen (secondary N) is 2. The Labute approximate surface area is 191 Å². The van der Waals surface area contributed by atoms with Crippen LogP contribution >= 0.6 is 11.6 Å². The van der Waals surface area contributed by atoms with Gasteiger partial charge in [0.05, 0.1) is 20.1 Å². The van der Waals surface area contributed by atoms with Crippen LogP contribution in [-0.2, 0) is 30.8 Å². The largest absolute Gasteiger partial charge is 0.481 e. The number of carbonyl (C=O) groups is 1. The summed E-state index contributed by atoms with van der Waals surface area (Å²) in [4.78, 5) is 29.7. The Bertz CT molecular complexity index is 1160. The van der Waals surface area contributed by atoms with Gasteiger partial charge in [-0.25, -0.2) is 9.66 Å². The first kappa shape index (κ1) is 23.3. The Kier molecular flexibility index (Phi) is 7.86. The second kappa shape index (κ2) is 10.8. The molecule has 9 heteroatoms. The Hall–Kier alpha value is -3.36. The number of nitrogens with two attached hydrogens (primary N) is 1. The number of carbonyl (C=O) groups excluding carboxylic acids is 1. The molecule has 0 aliphatic carbocycles. The molecule has 0 fully saturated rings. The van der Waals surface area contributed by atoms with Crippen molar-refractivity contribution in [3.05, 3.63) is 92.0 Å². The summed E-state index contributed by atoms with van der Waals surface area (Å²) in [5.41, 5.74) is 12.2. The summed E-state index contributed by atoms with van der Waals surface area (Å²) >= 11 is 6.05. The fourth-order valence-electron chi connectivity index (χ4n) is 3.30. The van der Waals surface area contributed by atoms with Gasteiger partial charge in [-0.15, -0.1) is 0 Å². The van der Waals surface area contributed by atoms with E-state index in [-0.39, 0.29) is 24.4 Å². The third-order valence-corrected chi connectivity index (χ3v) is 5.35. The van der Waals surface area contributed by atoms with E-state index in [1.807, 2.05) is 19.1 Å². The van der Waals surface area contributed by atoms with Crippen LogP contribution in [0.1, 0.15) is 27.8 Å². The van der Waals surface area contributed by atoms with Gasteiger partial charge in [0.1, 0.15) is 0 Å². The normalized spacial score (nSPS) is 10.6. The van der Waals surface area contributed by atoms with Gasteiger partial charge in [0, 0.05) is 41.6 Å². The van der Waals surface area contributed by atoms with E-state index in [9.17, 15) is 9.59 Å². The minimum Gasteiger partial charge on any atom is -0.481 e. The molecule has 0 bridgehead atoms. The van der Waals surface area contributed by atoms with Gasteiger partial charge in [-0.3, -0.25) is 9.59 Å². The van der Waals surface area contributed by atoms with Crippen LogP contribution in [-0.4, -0.2) is 22.7 Å². The fraction of sp³-hybridized carbons (Fsp3) is 0.261. The first-order valence-electron chi connectivity index (χ1n) is 10.1. The van der Waals surface area contributed by atoms with Crippen LogP contribution < -0.4 is 26.8 Å². The highest BCUT2D eigenvalue weighted by molar-refractivity contribution is 6.30. The van der Waals surface area contributed by atoms with Gasteiger partial charge in [-0.05, 0) is 47.9 Å². The fourth-order valence-corrected chi connectivity index (χ4v) is 3.49. The number of ether oxygens (including phenoxy) is 1. The highest BCUT2D eigenvalue weighted by Crippen LogP contribution is 2.16. The summed E-state index contributed by atoms with van der Waals surface area (Å²) in [6.07, 6.45) is 3.24. The van der Waals surface area contributed by atoms with E-state index >= 15 is 0 Å². The number of nitrogens with zero attached hydrogens (tertiary/aromatic N) is 2. The third-order valence-electron chi connectivity index (χ3n) is 5.11. The van der Waals surface area contributed by atoms with E-state index in [1.165, 1.54) is 4.68 Å². The second-order valence-corrected chi connectivity index (χ2v) is 7.67. The number of hydrogen-bond donors (Lipinski definition) is 3. The van der Waals surface area contributed by atoms with E-state index in [0.717, 1.165) is 22.3 Å². The summed E-state index contributed by atoms with van der Waals surface area (Å²) in [5.74, 6) is 0.220. The molecule has 2 aromatic heterocycles. The van der Waals surface area contributed by atoms with Crippen molar-refractivity contribution in [2.24, 2.45) is 5.73 Å². The number of aromatic nitrogens is 2. The number of pyridine rings is 2. The smallest absolute Gasteiger partial charge is 0.272 e. The summed E-state index contributed by atoms with van der Waals surface area (Å²) in [5, 5.41) is 3.42. The quantitative estimate of drug-likeness (QED) is 0.456. The van der Waals surface area contributed by atoms with Crippen molar-refractivity contribution in [3.8, 4) is 5.88 Å². The number of methoxy groups -OCH3 is 1. The number of aryl methyl sites for hydroxylation is 1. The molecule has 0 radical (unpaired) electrons. The molecule has 2 heterocycles. The molecule has 8 nitrogen and oxygen atoms in total. The van der Waals surface area contributed by atoms with Crippen LogP contribution in [0.4, 0.5) is 0 Å². The van der Waals surface area contributed by atoms with Crippen molar-refractivity contribution in [1.82, 2.24) is 15.0 Å². The molecule has 3 aromatic rings. The highest BCUT2D eigenvalue weighted by atomic mass is 35.5. The van der Waals surface area contributed by atoms with Crippen molar-refractivity contribution in [2.45, 2.75) is 33.0 Å². The van der Waals surface area contributed by atoms with Crippen LogP contribution in [0.25, 0.3) is 0 Å². The van der Waals surface area contributed by atoms with Gasteiger partial charge in [0.15, 0.2) is 0 Å². The average molecular weight is 456 g/mol. The average Bonchev–Trinajstić information content (AvgIpc) is 2.80. The Morgan fingerprint density at radius 3 is 2.75 bits per heavy atom. The van der Waals surface area contributed by atoms with Gasteiger partial charge in [0.2, 0.25) is 11.8 Å². The maximum absolute atomic E-state index is 13.0. The number of hydrogen-bond acceptors (Lipinski definition) is 6. The monoisotopic (exact) mass is 455 g/mol. The van der Waals surface area contributed by atoms with Crippen molar-refractivity contribution >= 4 is 17.5 Å². The molecule has 0 unspecified atom stereocenters. The molecule has 168 valence electrons. The van der Waals surface area contributed by atoms with Crippen LogP contribution in [0.15, 0.2) is 53.6 Å². The molecule has 0 aliphatic rings. The van der Waals surface area contributed by atoms with E-state index in [0.29, 0.717) is 29.6 Å². The Morgan fingerprint density at radius 1 is 1.19 bits per heavy atom. The summed E-state index contributed by atoms with van der Waals surface area (Å²) in [7, 11) is 1.54. The SMILES string of the molecule is COc1ncccc1CNn1ccc(C)c(CC(=O)NCc2cc(Cl)ccc2CN)c1=O. The van der Waals surface area contributed by atoms with E-state index in [4.69, 9.17) is 22.1 Å². The summed E-state index contributed by atoms with van der Waals surface area (Å²) in [6.45, 7) is 2.77. The molecule has 1 aromatic carbocycles. The minimum atomic E-state index is -0.284. The minimum absolute atomic E-state index is 0.0398. The van der Waals surface area contributed by atoms with Gasteiger partial charge in [-0.1, -0.05) is 23.7 Å². The number of benzene rings is 1. The molecule has 0 saturated heterocycles. The highest BCUT2D eigenvalue weighted by Gasteiger charge is 2.13. The first-order chi connectivity index (χ1) is 15.4. The first-order valence-corrected chi connectivity index (χ1v) is 10.5. The predicted octanol–water partition coefficient (Wildman–Crippen LogP) is 2.28. The number of halogens is 1. The molecule has 3 rings (SSSR count). The van der Waals surface area contributed by atoms with Crippen molar-refractivity contribution in [3.63, 3.8) is 0 Å². The third kappa shape index (κ3) is 5.66. The lowest BCUT2D eigenvalue weighted by molar-refractivity contribution is -0.120. The zero-order chi connectivity index (χ0) is 23.1. The van der Waals surface area contributed by atoms with Gasteiger partial charge in [0.25, 0.3) is 5.56 Å². The van der Waals surface area contributed by atoms with Crippen molar-refractivity contribution in [2.75, 3.05) is 12.5 Å². The summed E-state index contributed by atoms with van der Waals surface area (Å²) in [6, 6.07) is 10.8. The lowest BCUT2D eigenvalue weighted by Gasteiger charge is -2.14. The molecule has 1 amide bonds. The maximum Gasteiger partial charge on any atom is 0.272 e. The molecule has 4 N–H and O–H groups in total. The van der Waals surface area contributed by atoms with Crippen LogP contribution in [0.5, 0.6) is 5.88 Å². The second-order valence-electron chi connectivity index (χ2n) is 7.23. The van der Waals surface area contributed by atoms with E-state index < -0.39 is 0 Å². The zero-order valence-corrected chi connectivity index (χ0v) is 18.8. The molecule has 0 spiro atoms. The van der Waals surface area contributed by atoms with Crippen molar-refractivity contribution < 1.29 is 9.53 Å². The Morgan fingerprint density at radius 2 is 2.00 bits per heavy atom. The van der Waals surface area contributed by atoms with Crippen LogP contribution in [0.3, 0.4) is 0 Å². The number of rotatable bonds is 9. The van der Waals surface area contributed by atoms with Crippen molar-refractivity contribution in [1.29, 1.82) is 0 Å². The zero-order valence-electron chi connectivity index (χ0n) is 18.0. The van der Waals surface area contributed by atoms with Gasteiger partial charge < -0.3 is 21.2 Å². The standard InChI is InChI=1S/C23H26ClN5O3/c1-15-7-9-29(28-14-17-4-3-8-26-22(17)32-2)23(31)20(15)11-21(30)27-13-18-10-19(24)6-5-16(18)12-25/h3-10,28H,11-14,25H2,1-2H3,(H,27,30). The molecular weight excluding hydrogens is 430 g/mol. The van der Waals surface area contributed by atoms with E-state index in [1.54, 1.807) is 43.8 Å². The Balaban J connectivity index is 1.69. The van der Waals surface area contributed by atoms with Crippen LogP contribution in [0, 0.1) is 6.92 Å².